The van der Waals surface area contributed by atoms with E-state index >= 15 is 0 Å². The molecule has 1 amide bonds. The lowest BCUT2D eigenvalue weighted by molar-refractivity contribution is -0.119. The van der Waals surface area contributed by atoms with Crippen molar-refractivity contribution in [2.45, 2.75) is 24.7 Å². The van der Waals surface area contributed by atoms with Gasteiger partial charge in [0.2, 0.25) is 5.91 Å². The summed E-state index contributed by atoms with van der Waals surface area (Å²) in [5.41, 5.74) is 0.835. The van der Waals surface area contributed by atoms with E-state index in [0.29, 0.717) is 29.0 Å². The summed E-state index contributed by atoms with van der Waals surface area (Å²) in [6, 6.07) is 11.0. The highest BCUT2D eigenvalue weighted by molar-refractivity contribution is 7.99. The van der Waals surface area contributed by atoms with Gasteiger partial charge in [0, 0.05) is 6.54 Å². The van der Waals surface area contributed by atoms with Crippen LogP contribution in [-0.4, -0.2) is 33.5 Å². The van der Waals surface area contributed by atoms with Crippen molar-refractivity contribution >= 4 is 17.7 Å². The maximum absolute atomic E-state index is 12.3. The number of aromatic nitrogens is 3. The Hall–Kier alpha value is -3.00. The third kappa shape index (κ3) is 4.45. The lowest BCUT2D eigenvalue weighted by atomic mass is 10.2. The number of ether oxygens (including phenoxy) is 1. The number of amides is 1. The summed E-state index contributed by atoms with van der Waals surface area (Å²) >= 11 is 1.32. The van der Waals surface area contributed by atoms with Crippen molar-refractivity contribution in [2.75, 3.05) is 12.9 Å². The number of rotatable bonds is 9. The molecular formula is C20H22N4O3S. The lowest BCUT2D eigenvalue weighted by Gasteiger charge is -2.12. The lowest BCUT2D eigenvalue weighted by Crippen LogP contribution is -2.28. The first kappa shape index (κ1) is 19.8. The Morgan fingerprint density at radius 2 is 2.18 bits per heavy atom. The SMILES string of the molecule is C=CCn1c(SCC(=O)NC(C)c2ccco2)nnc1-c1ccccc1OC. The number of hydrogen-bond acceptors (Lipinski definition) is 6. The number of carbonyl (C=O) groups excluding carboxylic acids is 1. The van der Waals surface area contributed by atoms with Gasteiger partial charge < -0.3 is 14.5 Å². The Morgan fingerprint density at radius 3 is 2.89 bits per heavy atom. The summed E-state index contributed by atoms with van der Waals surface area (Å²) in [5, 5.41) is 12.1. The van der Waals surface area contributed by atoms with E-state index in [1.165, 1.54) is 11.8 Å². The van der Waals surface area contributed by atoms with Crippen LogP contribution >= 0.6 is 11.8 Å². The molecule has 0 saturated heterocycles. The van der Waals surface area contributed by atoms with Crippen molar-refractivity contribution in [1.29, 1.82) is 0 Å². The largest absolute Gasteiger partial charge is 0.496 e. The molecule has 1 N–H and O–H groups in total. The van der Waals surface area contributed by atoms with Gasteiger partial charge >= 0.3 is 0 Å². The second kappa shape index (κ2) is 9.27. The van der Waals surface area contributed by atoms with Crippen molar-refractivity contribution in [2.24, 2.45) is 0 Å². The number of hydrogen-bond donors (Lipinski definition) is 1. The first-order chi connectivity index (χ1) is 13.6. The van der Waals surface area contributed by atoms with Crippen LogP contribution in [0.15, 0.2) is 64.9 Å². The molecule has 146 valence electrons. The molecule has 0 bridgehead atoms. The molecule has 3 rings (SSSR count). The third-order valence-corrected chi connectivity index (χ3v) is 5.02. The normalized spacial score (nSPS) is 11.8. The highest BCUT2D eigenvalue weighted by atomic mass is 32.2. The molecule has 1 aromatic carbocycles. The molecule has 0 spiro atoms. The molecule has 1 unspecified atom stereocenters. The van der Waals surface area contributed by atoms with Crippen LogP contribution in [-0.2, 0) is 11.3 Å². The minimum atomic E-state index is -0.196. The van der Waals surface area contributed by atoms with Gasteiger partial charge in [-0.3, -0.25) is 9.36 Å². The van der Waals surface area contributed by atoms with Gasteiger partial charge in [0.25, 0.3) is 0 Å². The van der Waals surface area contributed by atoms with Crippen LogP contribution < -0.4 is 10.1 Å². The molecule has 7 nitrogen and oxygen atoms in total. The summed E-state index contributed by atoms with van der Waals surface area (Å²) in [6.07, 6.45) is 3.36. The molecule has 8 heteroatoms. The molecule has 2 aromatic heterocycles. The zero-order valence-electron chi connectivity index (χ0n) is 15.8. The van der Waals surface area contributed by atoms with Gasteiger partial charge in [-0.05, 0) is 31.2 Å². The average molecular weight is 398 g/mol. The molecule has 3 aromatic rings. The minimum Gasteiger partial charge on any atom is -0.496 e. The number of furan rings is 1. The summed E-state index contributed by atoms with van der Waals surface area (Å²) in [7, 11) is 1.62. The zero-order valence-corrected chi connectivity index (χ0v) is 16.6. The van der Waals surface area contributed by atoms with E-state index in [1.54, 1.807) is 25.5 Å². The smallest absolute Gasteiger partial charge is 0.231 e. The molecule has 0 radical (unpaired) electrons. The molecule has 0 fully saturated rings. The van der Waals surface area contributed by atoms with Gasteiger partial charge in [-0.2, -0.15) is 0 Å². The summed E-state index contributed by atoms with van der Waals surface area (Å²) in [5.74, 6) is 2.20. The van der Waals surface area contributed by atoms with Crippen molar-refractivity contribution in [1.82, 2.24) is 20.1 Å². The van der Waals surface area contributed by atoms with Crippen LogP contribution in [0.25, 0.3) is 11.4 Å². The van der Waals surface area contributed by atoms with E-state index in [4.69, 9.17) is 9.15 Å². The highest BCUT2D eigenvalue weighted by Gasteiger charge is 2.18. The Kier molecular flexibility index (Phi) is 6.54. The molecule has 1 atom stereocenters. The topological polar surface area (TPSA) is 82.2 Å². The van der Waals surface area contributed by atoms with E-state index < -0.39 is 0 Å². The summed E-state index contributed by atoms with van der Waals surface area (Å²) < 4.78 is 12.7. The van der Waals surface area contributed by atoms with E-state index in [0.717, 1.165) is 5.56 Å². The third-order valence-electron chi connectivity index (χ3n) is 4.06. The van der Waals surface area contributed by atoms with Crippen LogP contribution in [0.5, 0.6) is 5.75 Å². The molecule has 0 saturated carbocycles. The number of allylic oxidation sites excluding steroid dienone is 1. The Morgan fingerprint density at radius 1 is 1.36 bits per heavy atom. The number of para-hydroxylation sites is 1. The minimum absolute atomic E-state index is 0.110. The Labute approximate surface area is 167 Å². The van der Waals surface area contributed by atoms with E-state index in [-0.39, 0.29) is 17.7 Å². The van der Waals surface area contributed by atoms with Crippen LogP contribution in [0.4, 0.5) is 0 Å². The van der Waals surface area contributed by atoms with Gasteiger partial charge in [-0.1, -0.05) is 30.0 Å². The maximum Gasteiger partial charge on any atom is 0.231 e. The monoisotopic (exact) mass is 398 g/mol. The van der Waals surface area contributed by atoms with E-state index in [2.05, 4.69) is 22.1 Å². The molecule has 0 aliphatic rings. The summed E-state index contributed by atoms with van der Waals surface area (Å²) in [4.78, 5) is 12.3. The molecule has 2 heterocycles. The Bertz CT molecular complexity index is 937. The maximum atomic E-state index is 12.3. The fraction of sp³-hybridized carbons (Fsp3) is 0.250. The van der Waals surface area contributed by atoms with Crippen molar-refractivity contribution in [3.05, 3.63) is 61.1 Å². The first-order valence-corrected chi connectivity index (χ1v) is 9.75. The number of nitrogens with zero attached hydrogens (tertiary/aromatic N) is 3. The van der Waals surface area contributed by atoms with Gasteiger partial charge in [0.15, 0.2) is 11.0 Å². The molecule has 0 aliphatic heterocycles. The highest BCUT2D eigenvalue weighted by Crippen LogP contribution is 2.30. The fourth-order valence-electron chi connectivity index (χ4n) is 2.74. The second-order valence-corrected chi connectivity index (χ2v) is 6.94. The fourth-order valence-corrected chi connectivity index (χ4v) is 3.50. The Balaban J connectivity index is 1.73. The van der Waals surface area contributed by atoms with Crippen LogP contribution in [0.3, 0.4) is 0 Å². The number of thioether (sulfide) groups is 1. The second-order valence-electron chi connectivity index (χ2n) is 6.00. The summed E-state index contributed by atoms with van der Waals surface area (Å²) in [6.45, 7) is 6.21. The van der Waals surface area contributed by atoms with Gasteiger partial charge in [0.1, 0.15) is 11.5 Å². The van der Waals surface area contributed by atoms with Crippen LogP contribution in [0.2, 0.25) is 0 Å². The number of carbonyl (C=O) groups is 1. The number of benzene rings is 1. The van der Waals surface area contributed by atoms with Crippen molar-refractivity contribution in [3.63, 3.8) is 0 Å². The average Bonchev–Trinajstić information content (AvgIpc) is 3.37. The standard InChI is InChI=1S/C20H22N4O3S/c1-4-11-24-19(15-8-5-6-9-17(15)26-3)22-23-20(24)28-13-18(25)21-14(2)16-10-7-12-27-16/h4-10,12,14H,1,11,13H2,2-3H3,(H,21,25). The van der Waals surface area contributed by atoms with Crippen LogP contribution in [0, 0.1) is 0 Å². The number of methoxy groups -OCH3 is 1. The van der Waals surface area contributed by atoms with Gasteiger partial charge in [0.05, 0.1) is 30.7 Å². The predicted octanol–water partition coefficient (Wildman–Crippen LogP) is 3.70. The van der Waals surface area contributed by atoms with Gasteiger partial charge in [-0.15, -0.1) is 16.8 Å². The quantitative estimate of drug-likeness (QED) is 0.437. The molecular weight excluding hydrogens is 376 g/mol. The van der Waals surface area contributed by atoms with Crippen molar-refractivity contribution < 1.29 is 13.9 Å². The van der Waals surface area contributed by atoms with E-state index in [1.807, 2.05) is 41.8 Å². The molecule has 0 aliphatic carbocycles. The van der Waals surface area contributed by atoms with Crippen molar-refractivity contribution in [3.8, 4) is 17.1 Å². The van der Waals surface area contributed by atoms with E-state index in [9.17, 15) is 4.79 Å². The molecule has 28 heavy (non-hydrogen) atoms. The number of nitrogens with one attached hydrogen (secondary N) is 1. The van der Waals surface area contributed by atoms with Gasteiger partial charge in [-0.25, -0.2) is 0 Å². The first-order valence-electron chi connectivity index (χ1n) is 8.77. The van der Waals surface area contributed by atoms with Crippen LogP contribution in [0.1, 0.15) is 18.7 Å². The predicted molar refractivity (Wildman–Crippen MR) is 108 cm³/mol. The zero-order chi connectivity index (χ0) is 19.9.